The summed E-state index contributed by atoms with van der Waals surface area (Å²) in [5.41, 5.74) is 0.312. The second-order valence-corrected chi connectivity index (χ2v) is 13.9. The van der Waals surface area contributed by atoms with Crippen molar-refractivity contribution in [2.45, 2.75) is 97.1 Å². The van der Waals surface area contributed by atoms with Crippen LogP contribution in [0.5, 0.6) is 0 Å². The van der Waals surface area contributed by atoms with Crippen molar-refractivity contribution in [3.8, 4) is 0 Å². The second-order valence-electron chi connectivity index (χ2n) is 10.8. The predicted octanol–water partition coefficient (Wildman–Crippen LogP) is 5.21. The highest BCUT2D eigenvalue weighted by atomic mass is 28.4. The van der Waals surface area contributed by atoms with Gasteiger partial charge in [-0.3, -0.25) is 9.59 Å². The SMILES string of the molecule is CO[Si](CCCOC1CCC(C(=O)CC(=O)C2CCC(C(C)(C)C)CC2)CC1)(OC)OC. The normalized spacial score (nSPS) is 27.3. The van der Waals surface area contributed by atoms with Crippen LogP contribution >= 0.6 is 0 Å². The van der Waals surface area contributed by atoms with Crippen molar-refractivity contribution >= 4 is 20.4 Å². The average molecular weight is 471 g/mol. The van der Waals surface area contributed by atoms with Gasteiger partial charge in [0.15, 0.2) is 0 Å². The first-order valence-electron chi connectivity index (χ1n) is 12.5. The summed E-state index contributed by atoms with van der Waals surface area (Å²) in [5, 5.41) is 0. The van der Waals surface area contributed by atoms with Crippen LogP contribution in [-0.4, -0.2) is 54.4 Å². The summed E-state index contributed by atoms with van der Waals surface area (Å²) in [6.45, 7) is 7.51. The minimum Gasteiger partial charge on any atom is -0.378 e. The molecule has 186 valence electrons. The van der Waals surface area contributed by atoms with Gasteiger partial charge in [-0.1, -0.05) is 20.8 Å². The molecular weight excluding hydrogens is 424 g/mol. The van der Waals surface area contributed by atoms with E-state index < -0.39 is 8.80 Å². The van der Waals surface area contributed by atoms with E-state index in [1.165, 1.54) is 0 Å². The Labute approximate surface area is 196 Å². The standard InChI is InChI=1S/C25H46O6Si/c1-25(2,3)21-12-8-19(9-13-21)23(26)18-24(27)20-10-14-22(15-11-20)31-16-7-17-32(28-4,29-5)30-6/h19-22H,7-18H2,1-6H3. The fourth-order valence-corrected chi connectivity index (χ4v) is 7.08. The van der Waals surface area contributed by atoms with Gasteiger partial charge in [0, 0.05) is 45.8 Å². The number of ketones is 2. The third kappa shape index (κ3) is 8.01. The summed E-state index contributed by atoms with van der Waals surface area (Å²) in [4.78, 5) is 25.5. The lowest BCUT2D eigenvalue weighted by Gasteiger charge is -2.36. The lowest BCUT2D eigenvalue weighted by molar-refractivity contribution is -0.133. The first-order valence-corrected chi connectivity index (χ1v) is 14.4. The fraction of sp³-hybridized carbons (Fsp3) is 0.920. The quantitative estimate of drug-likeness (QED) is 0.221. The van der Waals surface area contributed by atoms with Crippen LogP contribution in [0.15, 0.2) is 0 Å². The van der Waals surface area contributed by atoms with Crippen molar-refractivity contribution < 1.29 is 27.6 Å². The number of carbonyl (C=O) groups is 2. The molecule has 0 spiro atoms. The van der Waals surface area contributed by atoms with Crippen LogP contribution in [0.3, 0.4) is 0 Å². The van der Waals surface area contributed by atoms with Crippen LogP contribution in [0.1, 0.15) is 85.0 Å². The molecule has 7 heteroatoms. The molecule has 0 atom stereocenters. The van der Waals surface area contributed by atoms with Gasteiger partial charge in [-0.05, 0) is 69.1 Å². The third-order valence-electron chi connectivity index (χ3n) is 7.80. The predicted molar refractivity (Wildman–Crippen MR) is 127 cm³/mol. The van der Waals surface area contributed by atoms with Crippen LogP contribution in [0.2, 0.25) is 6.04 Å². The molecular formula is C25H46O6Si. The molecule has 0 bridgehead atoms. The van der Waals surface area contributed by atoms with Gasteiger partial charge in [-0.25, -0.2) is 0 Å². The summed E-state index contributed by atoms with van der Waals surface area (Å²) >= 11 is 0. The van der Waals surface area contributed by atoms with Gasteiger partial charge in [0.1, 0.15) is 11.6 Å². The number of carbonyl (C=O) groups excluding carboxylic acids is 2. The Morgan fingerprint density at radius 3 is 1.69 bits per heavy atom. The van der Waals surface area contributed by atoms with E-state index in [0.29, 0.717) is 17.9 Å². The Morgan fingerprint density at radius 2 is 1.25 bits per heavy atom. The summed E-state index contributed by atoms with van der Waals surface area (Å²) in [5.74, 6) is 1.15. The molecule has 2 rings (SSSR count). The maximum Gasteiger partial charge on any atom is 0.500 e. The van der Waals surface area contributed by atoms with Gasteiger partial charge in [-0.2, -0.15) is 0 Å². The average Bonchev–Trinajstić information content (AvgIpc) is 2.79. The molecule has 2 saturated carbocycles. The summed E-state index contributed by atoms with van der Waals surface area (Å²) in [6.07, 6.45) is 8.74. The lowest BCUT2D eigenvalue weighted by atomic mass is 9.68. The molecule has 0 aliphatic heterocycles. The third-order valence-corrected chi connectivity index (χ3v) is 10.6. The summed E-state index contributed by atoms with van der Waals surface area (Å²) in [6, 6.07) is 0.726. The Morgan fingerprint density at radius 1 is 0.781 bits per heavy atom. The molecule has 0 amide bonds. The van der Waals surface area contributed by atoms with Crippen molar-refractivity contribution in [3.05, 3.63) is 0 Å². The maximum absolute atomic E-state index is 12.8. The zero-order valence-corrected chi connectivity index (χ0v) is 22.2. The fourth-order valence-electron chi connectivity index (χ4n) is 5.39. The lowest BCUT2D eigenvalue weighted by Crippen LogP contribution is -2.42. The van der Waals surface area contributed by atoms with E-state index in [9.17, 15) is 9.59 Å². The van der Waals surface area contributed by atoms with E-state index in [-0.39, 0.29) is 35.9 Å². The van der Waals surface area contributed by atoms with Gasteiger partial charge in [0.2, 0.25) is 0 Å². The van der Waals surface area contributed by atoms with Crippen LogP contribution in [0.25, 0.3) is 0 Å². The number of ether oxygens (including phenoxy) is 1. The number of hydrogen-bond donors (Lipinski definition) is 0. The van der Waals surface area contributed by atoms with E-state index in [1.807, 2.05) is 0 Å². The van der Waals surface area contributed by atoms with Crippen molar-refractivity contribution in [3.63, 3.8) is 0 Å². The number of Topliss-reactive ketones (excluding diaryl/α,β-unsaturated/α-hetero) is 2. The van der Waals surface area contributed by atoms with E-state index >= 15 is 0 Å². The van der Waals surface area contributed by atoms with Gasteiger partial charge >= 0.3 is 8.80 Å². The molecule has 6 nitrogen and oxygen atoms in total. The topological polar surface area (TPSA) is 71.1 Å². The minimum atomic E-state index is -2.53. The largest absolute Gasteiger partial charge is 0.500 e. The Bertz CT molecular complexity index is 573. The molecule has 0 saturated heterocycles. The van der Waals surface area contributed by atoms with Crippen LogP contribution < -0.4 is 0 Å². The molecule has 0 aromatic carbocycles. The first-order chi connectivity index (χ1) is 15.1. The highest BCUT2D eigenvalue weighted by molar-refractivity contribution is 6.60. The van der Waals surface area contributed by atoms with Gasteiger partial charge in [-0.15, -0.1) is 0 Å². The molecule has 0 aromatic rings. The van der Waals surface area contributed by atoms with Gasteiger partial charge in [0.25, 0.3) is 0 Å². The van der Waals surface area contributed by atoms with Crippen LogP contribution in [0, 0.1) is 23.2 Å². The Kier molecular flexibility index (Phi) is 11.0. The van der Waals surface area contributed by atoms with Crippen molar-refractivity contribution in [1.82, 2.24) is 0 Å². The molecule has 2 aliphatic rings. The summed E-state index contributed by atoms with van der Waals surface area (Å²) in [7, 11) is 2.34. The second kappa shape index (κ2) is 12.7. The van der Waals surface area contributed by atoms with E-state index in [1.54, 1.807) is 21.3 Å². The smallest absolute Gasteiger partial charge is 0.378 e. The van der Waals surface area contributed by atoms with E-state index in [2.05, 4.69) is 20.8 Å². The van der Waals surface area contributed by atoms with Gasteiger partial charge < -0.3 is 18.0 Å². The maximum atomic E-state index is 12.8. The Balaban J connectivity index is 1.65. The molecule has 0 heterocycles. The zero-order valence-electron chi connectivity index (χ0n) is 21.2. The molecule has 0 N–H and O–H groups in total. The van der Waals surface area contributed by atoms with Crippen LogP contribution in [-0.2, 0) is 27.6 Å². The van der Waals surface area contributed by atoms with Gasteiger partial charge in [0.05, 0.1) is 12.5 Å². The van der Waals surface area contributed by atoms with Crippen molar-refractivity contribution in [1.29, 1.82) is 0 Å². The molecule has 0 unspecified atom stereocenters. The van der Waals surface area contributed by atoms with Crippen LogP contribution in [0.4, 0.5) is 0 Å². The van der Waals surface area contributed by atoms with E-state index in [4.69, 9.17) is 18.0 Å². The molecule has 2 aliphatic carbocycles. The zero-order chi connectivity index (χ0) is 23.8. The molecule has 0 aromatic heterocycles. The van der Waals surface area contributed by atoms with Crippen molar-refractivity contribution in [2.75, 3.05) is 27.9 Å². The van der Waals surface area contributed by atoms with Crippen molar-refractivity contribution in [2.24, 2.45) is 23.2 Å². The highest BCUT2D eigenvalue weighted by Gasteiger charge is 2.37. The molecule has 32 heavy (non-hydrogen) atoms. The minimum absolute atomic E-state index is 0.0280. The summed E-state index contributed by atoms with van der Waals surface area (Å²) < 4.78 is 22.3. The monoisotopic (exact) mass is 470 g/mol. The molecule has 2 fully saturated rings. The van der Waals surface area contributed by atoms with E-state index in [0.717, 1.165) is 63.8 Å². The number of hydrogen-bond acceptors (Lipinski definition) is 6. The number of rotatable bonds is 12. The first kappa shape index (κ1) is 27.6. The Hall–Kier alpha value is -0.603. The highest BCUT2D eigenvalue weighted by Crippen LogP contribution is 2.40. The molecule has 0 radical (unpaired) electrons.